The highest BCUT2D eigenvalue weighted by Gasteiger charge is 2.05. The Morgan fingerprint density at radius 1 is 1.29 bits per heavy atom. The van der Waals surface area contributed by atoms with Crippen molar-refractivity contribution in [3.63, 3.8) is 0 Å². The van der Waals surface area contributed by atoms with Crippen LogP contribution in [0.2, 0.25) is 5.02 Å². The molecule has 0 aliphatic heterocycles. The van der Waals surface area contributed by atoms with Gasteiger partial charge in [0.05, 0.1) is 5.75 Å². The molecule has 0 saturated heterocycles. The lowest BCUT2D eigenvalue weighted by Crippen LogP contribution is -2.21. The van der Waals surface area contributed by atoms with E-state index < -0.39 is 9.84 Å². The summed E-state index contributed by atoms with van der Waals surface area (Å²) in [6.07, 6.45) is 1.90. The van der Waals surface area contributed by atoms with Crippen LogP contribution in [0.1, 0.15) is 24.9 Å². The zero-order chi connectivity index (χ0) is 12.9. The molecule has 0 amide bonds. The van der Waals surface area contributed by atoms with Crippen LogP contribution in [0.25, 0.3) is 0 Å². The maximum atomic E-state index is 10.9. The van der Waals surface area contributed by atoms with Crippen molar-refractivity contribution in [1.29, 1.82) is 0 Å². The molecule has 0 aliphatic rings. The lowest BCUT2D eigenvalue weighted by Gasteiger charge is -2.14. The average Bonchev–Trinajstić information content (AvgIpc) is 2.24. The highest BCUT2D eigenvalue weighted by Crippen LogP contribution is 2.15. The number of benzene rings is 1. The van der Waals surface area contributed by atoms with Gasteiger partial charge in [-0.05, 0) is 37.6 Å². The predicted octanol–water partition coefficient (Wildman–Crippen LogP) is 2.43. The Balaban J connectivity index is 2.35. The van der Waals surface area contributed by atoms with Crippen molar-refractivity contribution in [2.75, 3.05) is 18.6 Å². The fraction of sp³-hybridized carbons (Fsp3) is 0.500. The minimum atomic E-state index is -2.85. The maximum Gasteiger partial charge on any atom is 0.147 e. The average molecular weight is 276 g/mol. The monoisotopic (exact) mass is 275 g/mol. The number of hydrogen-bond donors (Lipinski definition) is 1. The molecule has 96 valence electrons. The van der Waals surface area contributed by atoms with E-state index in [4.69, 9.17) is 11.6 Å². The smallest absolute Gasteiger partial charge is 0.147 e. The minimum Gasteiger partial charge on any atom is -0.310 e. The van der Waals surface area contributed by atoms with Gasteiger partial charge < -0.3 is 5.32 Å². The summed E-state index contributed by atoms with van der Waals surface area (Å²) in [5, 5.41) is 4.00. The molecular weight excluding hydrogens is 258 g/mol. The van der Waals surface area contributed by atoms with Gasteiger partial charge in [0.25, 0.3) is 0 Å². The summed E-state index contributed by atoms with van der Waals surface area (Å²) >= 11 is 5.81. The topological polar surface area (TPSA) is 46.2 Å². The highest BCUT2D eigenvalue weighted by atomic mass is 35.5. The number of rotatable bonds is 6. The van der Waals surface area contributed by atoms with Crippen molar-refractivity contribution in [2.24, 2.45) is 0 Å². The van der Waals surface area contributed by atoms with E-state index in [1.54, 1.807) is 0 Å². The van der Waals surface area contributed by atoms with Gasteiger partial charge in [0.15, 0.2) is 0 Å². The van der Waals surface area contributed by atoms with Gasteiger partial charge >= 0.3 is 0 Å². The number of hydrogen-bond acceptors (Lipinski definition) is 3. The van der Waals surface area contributed by atoms with Gasteiger partial charge in [-0.3, -0.25) is 0 Å². The lowest BCUT2D eigenvalue weighted by atomic mass is 10.1. The quantitative estimate of drug-likeness (QED) is 0.811. The molecule has 1 aromatic carbocycles. The summed E-state index contributed by atoms with van der Waals surface area (Å²) in [5.41, 5.74) is 1.15. The molecule has 3 nitrogen and oxygen atoms in total. The van der Waals surface area contributed by atoms with E-state index in [1.807, 2.05) is 31.2 Å². The number of sulfone groups is 1. The molecule has 17 heavy (non-hydrogen) atoms. The third-order valence-corrected chi connectivity index (χ3v) is 3.79. The molecule has 1 aromatic rings. The molecule has 0 radical (unpaired) electrons. The summed E-state index contributed by atoms with van der Waals surface area (Å²) in [6, 6.07) is 7.84. The Morgan fingerprint density at radius 2 is 1.88 bits per heavy atom. The van der Waals surface area contributed by atoms with E-state index in [-0.39, 0.29) is 11.8 Å². The first kappa shape index (κ1) is 14.5. The van der Waals surface area contributed by atoms with Crippen molar-refractivity contribution in [2.45, 2.75) is 19.4 Å². The maximum absolute atomic E-state index is 10.9. The summed E-state index contributed by atoms with van der Waals surface area (Å²) in [7, 11) is -2.85. The lowest BCUT2D eigenvalue weighted by molar-refractivity contribution is 0.562. The van der Waals surface area contributed by atoms with Gasteiger partial charge in [-0.15, -0.1) is 0 Å². The Morgan fingerprint density at radius 3 is 2.41 bits per heavy atom. The van der Waals surface area contributed by atoms with Gasteiger partial charge in [0, 0.05) is 17.3 Å². The summed E-state index contributed by atoms with van der Waals surface area (Å²) in [6.45, 7) is 2.74. The second-order valence-electron chi connectivity index (χ2n) is 4.21. The van der Waals surface area contributed by atoms with E-state index in [1.165, 1.54) is 6.26 Å². The first-order chi connectivity index (χ1) is 7.88. The summed E-state index contributed by atoms with van der Waals surface area (Å²) in [5.74, 6) is 0.230. The minimum absolute atomic E-state index is 0.201. The molecule has 0 bridgehead atoms. The predicted molar refractivity (Wildman–Crippen MR) is 72.2 cm³/mol. The van der Waals surface area contributed by atoms with Crippen molar-refractivity contribution in [1.82, 2.24) is 5.32 Å². The van der Waals surface area contributed by atoms with Gasteiger partial charge in [-0.2, -0.15) is 0 Å². The Labute approximate surface area is 108 Å². The molecule has 1 N–H and O–H groups in total. The summed E-state index contributed by atoms with van der Waals surface area (Å²) in [4.78, 5) is 0. The molecule has 0 spiro atoms. The van der Waals surface area contributed by atoms with Gasteiger partial charge in [0.1, 0.15) is 9.84 Å². The normalized spacial score (nSPS) is 13.6. The van der Waals surface area contributed by atoms with Gasteiger partial charge in [-0.25, -0.2) is 8.42 Å². The first-order valence-electron chi connectivity index (χ1n) is 5.55. The largest absolute Gasteiger partial charge is 0.310 e. The van der Waals surface area contributed by atoms with E-state index in [9.17, 15) is 8.42 Å². The highest BCUT2D eigenvalue weighted by molar-refractivity contribution is 7.90. The van der Waals surface area contributed by atoms with Crippen LogP contribution in [0.3, 0.4) is 0 Å². The third-order valence-electron chi connectivity index (χ3n) is 2.51. The zero-order valence-corrected chi connectivity index (χ0v) is 11.7. The molecule has 5 heteroatoms. The first-order valence-corrected chi connectivity index (χ1v) is 7.99. The molecule has 0 aliphatic carbocycles. The standard InChI is InChI=1S/C12H18ClNO2S/c1-10(11-4-6-12(13)7-5-11)14-8-3-9-17(2,15)16/h4-7,10,14H,3,8-9H2,1-2H3. The zero-order valence-electron chi connectivity index (χ0n) is 10.1. The van der Waals surface area contributed by atoms with Crippen LogP contribution in [0.15, 0.2) is 24.3 Å². The van der Waals surface area contributed by atoms with E-state index in [0.29, 0.717) is 13.0 Å². The van der Waals surface area contributed by atoms with Crippen molar-refractivity contribution in [3.8, 4) is 0 Å². The third kappa shape index (κ3) is 6.05. The Kier molecular flexibility index (Phi) is 5.43. The van der Waals surface area contributed by atoms with Gasteiger partial charge in [-0.1, -0.05) is 23.7 Å². The molecule has 1 atom stereocenters. The van der Waals surface area contributed by atoms with Crippen LogP contribution < -0.4 is 5.32 Å². The van der Waals surface area contributed by atoms with Gasteiger partial charge in [0.2, 0.25) is 0 Å². The van der Waals surface area contributed by atoms with E-state index >= 15 is 0 Å². The van der Waals surface area contributed by atoms with Crippen molar-refractivity contribution >= 4 is 21.4 Å². The van der Waals surface area contributed by atoms with Crippen LogP contribution in [0.4, 0.5) is 0 Å². The Hall–Kier alpha value is -0.580. The van der Waals surface area contributed by atoms with Crippen LogP contribution >= 0.6 is 11.6 Å². The molecule has 0 heterocycles. The second-order valence-corrected chi connectivity index (χ2v) is 6.91. The molecule has 1 rings (SSSR count). The fourth-order valence-corrected chi connectivity index (χ4v) is 2.32. The van der Waals surface area contributed by atoms with E-state index in [0.717, 1.165) is 10.6 Å². The summed E-state index contributed by atoms with van der Waals surface area (Å²) < 4.78 is 21.9. The SMILES string of the molecule is CC(NCCCS(C)(=O)=O)c1ccc(Cl)cc1. The van der Waals surface area contributed by atoms with Crippen molar-refractivity contribution in [3.05, 3.63) is 34.9 Å². The number of halogens is 1. The molecule has 0 saturated carbocycles. The molecular formula is C12H18ClNO2S. The fourth-order valence-electron chi connectivity index (χ4n) is 1.52. The second kappa shape index (κ2) is 6.38. The van der Waals surface area contributed by atoms with Crippen LogP contribution in [-0.4, -0.2) is 27.0 Å². The van der Waals surface area contributed by atoms with Crippen LogP contribution in [-0.2, 0) is 9.84 Å². The van der Waals surface area contributed by atoms with Crippen molar-refractivity contribution < 1.29 is 8.42 Å². The number of nitrogens with one attached hydrogen (secondary N) is 1. The molecule has 0 fully saturated rings. The molecule has 1 unspecified atom stereocenters. The molecule has 0 aromatic heterocycles. The van der Waals surface area contributed by atoms with E-state index in [2.05, 4.69) is 5.32 Å². The Bertz CT molecular complexity index is 442. The van der Waals surface area contributed by atoms with Crippen LogP contribution in [0, 0.1) is 0 Å². The van der Waals surface area contributed by atoms with Crippen LogP contribution in [0.5, 0.6) is 0 Å².